The van der Waals surface area contributed by atoms with Crippen LogP contribution in [0.15, 0.2) is 72.8 Å². The van der Waals surface area contributed by atoms with E-state index in [0.717, 1.165) is 24.8 Å². The van der Waals surface area contributed by atoms with Crippen LogP contribution in [0.4, 0.5) is 0 Å². The number of carbonyl (C=O) groups excluding carboxylic acids is 2. The Hall–Kier alpha value is -3.86. The fourth-order valence-corrected chi connectivity index (χ4v) is 3.41. The molecule has 176 valence electrons. The predicted octanol–water partition coefficient (Wildman–Crippen LogP) is 6.42. The number of rotatable bonds is 11. The van der Waals surface area contributed by atoms with Crippen molar-refractivity contribution in [3.63, 3.8) is 0 Å². The summed E-state index contributed by atoms with van der Waals surface area (Å²) in [5.74, 6) is 1.12. The highest BCUT2D eigenvalue weighted by Gasteiger charge is 2.12. The summed E-state index contributed by atoms with van der Waals surface area (Å²) in [6.07, 6.45) is 6.27. The monoisotopic (exact) mass is 458 g/mol. The molecule has 0 amide bonds. The molecule has 5 nitrogen and oxygen atoms in total. The summed E-state index contributed by atoms with van der Waals surface area (Å²) in [6.45, 7) is 4.59. The highest BCUT2D eigenvalue weighted by atomic mass is 16.5. The summed E-state index contributed by atoms with van der Waals surface area (Å²) in [5.41, 5.74) is 2.65. The summed E-state index contributed by atoms with van der Waals surface area (Å²) in [7, 11) is 1.59. The van der Waals surface area contributed by atoms with E-state index < -0.39 is 5.97 Å². The van der Waals surface area contributed by atoms with Gasteiger partial charge < -0.3 is 14.2 Å². The summed E-state index contributed by atoms with van der Waals surface area (Å²) < 4.78 is 16.7. The number of unbranched alkanes of at least 4 members (excludes halogenated alkanes) is 2. The highest BCUT2D eigenvalue weighted by molar-refractivity contribution is 6.09. The largest absolute Gasteiger partial charge is 0.493 e. The SMILES string of the molecule is CCCCCOc1ccc(/C=C/C(=O)Oc2ccc(C(=O)c3ccccc3)cc2C)cc1OC. The lowest BCUT2D eigenvalue weighted by molar-refractivity contribution is -0.128. The Kier molecular flexibility index (Phi) is 9.04. The van der Waals surface area contributed by atoms with Crippen molar-refractivity contribution in [3.8, 4) is 17.2 Å². The maximum atomic E-state index is 12.6. The van der Waals surface area contributed by atoms with Crippen molar-refractivity contribution in [1.82, 2.24) is 0 Å². The highest BCUT2D eigenvalue weighted by Crippen LogP contribution is 2.29. The van der Waals surface area contributed by atoms with E-state index in [1.807, 2.05) is 36.4 Å². The third kappa shape index (κ3) is 6.82. The van der Waals surface area contributed by atoms with Crippen LogP contribution in [0.5, 0.6) is 17.2 Å². The number of ketones is 1. The molecule has 34 heavy (non-hydrogen) atoms. The van der Waals surface area contributed by atoms with Gasteiger partial charge in [-0.1, -0.05) is 56.2 Å². The first-order valence-electron chi connectivity index (χ1n) is 11.4. The summed E-state index contributed by atoms with van der Waals surface area (Å²) >= 11 is 0. The van der Waals surface area contributed by atoms with Crippen molar-refractivity contribution in [2.24, 2.45) is 0 Å². The van der Waals surface area contributed by atoms with Crippen LogP contribution in [0, 0.1) is 6.92 Å². The first-order chi connectivity index (χ1) is 16.5. The zero-order chi connectivity index (χ0) is 24.3. The first-order valence-corrected chi connectivity index (χ1v) is 11.4. The van der Waals surface area contributed by atoms with Crippen molar-refractivity contribution < 1.29 is 23.8 Å². The van der Waals surface area contributed by atoms with Gasteiger partial charge in [0.05, 0.1) is 13.7 Å². The number of methoxy groups -OCH3 is 1. The van der Waals surface area contributed by atoms with Crippen LogP contribution in [0.1, 0.15) is 53.2 Å². The molecule has 0 bridgehead atoms. The van der Waals surface area contributed by atoms with Gasteiger partial charge in [-0.25, -0.2) is 4.79 Å². The third-order valence-corrected chi connectivity index (χ3v) is 5.29. The predicted molar refractivity (Wildman–Crippen MR) is 134 cm³/mol. The van der Waals surface area contributed by atoms with E-state index in [1.165, 1.54) is 6.08 Å². The standard InChI is InChI=1S/C29H30O5/c1-4-5-9-18-33-26-15-12-22(20-27(26)32-3)13-17-28(30)34-25-16-14-24(19-21(25)2)29(31)23-10-7-6-8-11-23/h6-8,10-17,19-20H,4-5,9,18H2,1-3H3/b17-13+. The Morgan fingerprint density at radius 1 is 0.853 bits per heavy atom. The van der Waals surface area contributed by atoms with E-state index in [-0.39, 0.29) is 5.78 Å². The zero-order valence-electron chi connectivity index (χ0n) is 19.9. The second-order valence-electron chi connectivity index (χ2n) is 7.90. The molecule has 3 aromatic rings. The van der Waals surface area contributed by atoms with E-state index in [2.05, 4.69) is 6.92 Å². The van der Waals surface area contributed by atoms with Crippen molar-refractivity contribution in [1.29, 1.82) is 0 Å². The van der Waals surface area contributed by atoms with E-state index in [4.69, 9.17) is 14.2 Å². The van der Waals surface area contributed by atoms with Gasteiger partial charge in [0.1, 0.15) is 5.75 Å². The number of esters is 1. The van der Waals surface area contributed by atoms with Gasteiger partial charge in [0.15, 0.2) is 17.3 Å². The fourth-order valence-electron chi connectivity index (χ4n) is 3.41. The Morgan fingerprint density at radius 3 is 2.32 bits per heavy atom. The number of ether oxygens (including phenoxy) is 3. The molecule has 0 aliphatic rings. The number of benzene rings is 3. The third-order valence-electron chi connectivity index (χ3n) is 5.29. The van der Waals surface area contributed by atoms with Gasteiger partial charge in [-0.3, -0.25) is 4.79 Å². The zero-order valence-corrected chi connectivity index (χ0v) is 19.9. The van der Waals surface area contributed by atoms with Crippen LogP contribution < -0.4 is 14.2 Å². The second kappa shape index (κ2) is 12.4. The molecule has 3 aromatic carbocycles. The van der Waals surface area contributed by atoms with Gasteiger partial charge >= 0.3 is 5.97 Å². The molecule has 0 unspecified atom stereocenters. The van der Waals surface area contributed by atoms with Crippen molar-refractivity contribution in [2.45, 2.75) is 33.1 Å². The van der Waals surface area contributed by atoms with Crippen LogP contribution >= 0.6 is 0 Å². The van der Waals surface area contributed by atoms with Gasteiger partial charge in [-0.05, 0) is 60.9 Å². The number of hydrogen-bond donors (Lipinski definition) is 0. The van der Waals surface area contributed by atoms with Crippen molar-refractivity contribution >= 4 is 17.8 Å². The minimum Gasteiger partial charge on any atom is -0.493 e. The molecule has 0 spiro atoms. The maximum Gasteiger partial charge on any atom is 0.336 e. The topological polar surface area (TPSA) is 61.8 Å². The fraction of sp³-hybridized carbons (Fsp3) is 0.241. The van der Waals surface area contributed by atoms with Crippen LogP contribution in [-0.4, -0.2) is 25.5 Å². The Balaban J connectivity index is 1.62. The smallest absolute Gasteiger partial charge is 0.336 e. The lowest BCUT2D eigenvalue weighted by Crippen LogP contribution is -2.06. The van der Waals surface area contributed by atoms with E-state index in [9.17, 15) is 9.59 Å². The number of carbonyl (C=O) groups is 2. The van der Waals surface area contributed by atoms with Crippen LogP contribution in [0.25, 0.3) is 6.08 Å². The van der Waals surface area contributed by atoms with E-state index >= 15 is 0 Å². The molecular formula is C29H30O5. The van der Waals surface area contributed by atoms with Gasteiger partial charge in [0.25, 0.3) is 0 Å². The molecule has 5 heteroatoms. The van der Waals surface area contributed by atoms with Crippen LogP contribution in [0.2, 0.25) is 0 Å². The Bertz CT molecular complexity index is 1150. The molecule has 0 N–H and O–H groups in total. The van der Waals surface area contributed by atoms with Crippen molar-refractivity contribution in [3.05, 3.63) is 95.1 Å². The average Bonchev–Trinajstić information content (AvgIpc) is 2.87. The molecule has 0 aliphatic heterocycles. The lowest BCUT2D eigenvalue weighted by atomic mass is 10.0. The molecular weight excluding hydrogens is 428 g/mol. The number of hydrogen-bond acceptors (Lipinski definition) is 5. The Morgan fingerprint density at radius 2 is 1.62 bits per heavy atom. The Labute approximate surface area is 201 Å². The minimum atomic E-state index is -0.510. The van der Waals surface area contributed by atoms with E-state index in [0.29, 0.717) is 40.5 Å². The average molecular weight is 459 g/mol. The molecule has 0 fully saturated rings. The summed E-state index contributed by atoms with van der Waals surface area (Å²) in [5, 5.41) is 0. The summed E-state index contributed by atoms with van der Waals surface area (Å²) in [6, 6.07) is 19.6. The minimum absolute atomic E-state index is 0.0757. The normalized spacial score (nSPS) is 10.8. The van der Waals surface area contributed by atoms with Gasteiger partial charge in [0.2, 0.25) is 0 Å². The second-order valence-corrected chi connectivity index (χ2v) is 7.90. The molecule has 0 atom stereocenters. The molecule has 0 aromatic heterocycles. The van der Waals surface area contributed by atoms with Gasteiger partial charge in [-0.2, -0.15) is 0 Å². The molecule has 0 aliphatic carbocycles. The molecule has 0 radical (unpaired) electrons. The summed E-state index contributed by atoms with van der Waals surface area (Å²) in [4.78, 5) is 25.0. The number of aryl methyl sites for hydroxylation is 1. The van der Waals surface area contributed by atoms with Crippen molar-refractivity contribution in [2.75, 3.05) is 13.7 Å². The quantitative estimate of drug-likeness (QED) is 0.109. The van der Waals surface area contributed by atoms with Gasteiger partial charge in [-0.15, -0.1) is 0 Å². The van der Waals surface area contributed by atoms with E-state index in [1.54, 1.807) is 50.4 Å². The first kappa shape index (κ1) is 24.8. The maximum absolute atomic E-state index is 12.6. The molecule has 0 heterocycles. The lowest BCUT2D eigenvalue weighted by Gasteiger charge is -2.11. The van der Waals surface area contributed by atoms with Gasteiger partial charge in [0, 0.05) is 17.2 Å². The van der Waals surface area contributed by atoms with Crippen LogP contribution in [0.3, 0.4) is 0 Å². The molecule has 0 saturated heterocycles. The molecule has 0 saturated carbocycles. The van der Waals surface area contributed by atoms with Crippen LogP contribution in [-0.2, 0) is 4.79 Å². The molecule has 3 rings (SSSR count).